The lowest BCUT2D eigenvalue weighted by Crippen LogP contribution is -2.34. The van der Waals surface area contributed by atoms with Gasteiger partial charge in [0.15, 0.2) is 0 Å². The second-order valence-corrected chi connectivity index (χ2v) is 3.72. The number of nitrogens with one attached hydrogen (secondary N) is 1. The fraction of sp³-hybridized carbons (Fsp3) is 0.778. The molecule has 0 radical (unpaired) electrons. The third-order valence-electron chi connectivity index (χ3n) is 1.08. The average molecular weight is 203 g/mol. The van der Waals surface area contributed by atoms with E-state index in [-0.39, 0.29) is 13.0 Å². The lowest BCUT2D eigenvalue weighted by molar-refractivity contribution is -0.154. The Bertz CT molecular complexity index is 207. The van der Waals surface area contributed by atoms with E-state index in [1.165, 1.54) is 0 Å². The SMILES string of the molecule is CCOC(=O)CC(=O)NOC(C)(C)C. The molecule has 0 heterocycles. The van der Waals surface area contributed by atoms with Crippen LogP contribution in [0.5, 0.6) is 0 Å². The highest BCUT2D eigenvalue weighted by atomic mass is 16.7. The van der Waals surface area contributed by atoms with Crippen molar-refractivity contribution < 1.29 is 19.2 Å². The van der Waals surface area contributed by atoms with Crippen molar-refractivity contribution in [3.05, 3.63) is 0 Å². The minimum atomic E-state index is -0.553. The molecule has 0 atom stereocenters. The largest absolute Gasteiger partial charge is 0.466 e. The Hall–Kier alpha value is -1.10. The van der Waals surface area contributed by atoms with Crippen molar-refractivity contribution in [1.29, 1.82) is 0 Å². The van der Waals surface area contributed by atoms with Crippen molar-refractivity contribution in [1.82, 2.24) is 5.48 Å². The molecule has 0 aliphatic heterocycles. The first kappa shape index (κ1) is 12.9. The number of ether oxygens (including phenoxy) is 1. The number of hydrogen-bond acceptors (Lipinski definition) is 4. The van der Waals surface area contributed by atoms with Crippen LogP contribution in [0.15, 0.2) is 0 Å². The summed E-state index contributed by atoms with van der Waals surface area (Å²) in [7, 11) is 0. The van der Waals surface area contributed by atoms with Gasteiger partial charge in [0.25, 0.3) is 5.91 Å². The highest BCUT2D eigenvalue weighted by Gasteiger charge is 2.15. The van der Waals surface area contributed by atoms with Crippen LogP contribution in [0.25, 0.3) is 0 Å². The quantitative estimate of drug-likeness (QED) is 0.416. The molecule has 0 bridgehead atoms. The van der Waals surface area contributed by atoms with Crippen LogP contribution in [0.1, 0.15) is 34.1 Å². The Balaban J connectivity index is 3.71. The van der Waals surface area contributed by atoms with Crippen LogP contribution in [-0.4, -0.2) is 24.1 Å². The highest BCUT2D eigenvalue weighted by molar-refractivity contribution is 5.93. The molecule has 1 amide bonds. The van der Waals surface area contributed by atoms with Crippen LogP contribution in [-0.2, 0) is 19.2 Å². The van der Waals surface area contributed by atoms with E-state index >= 15 is 0 Å². The van der Waals surface area contributed by atoms with Gasteiger partial charge in [-0.1, -0.05) is 0 Å². The number of rotatable bonds is 4. The van der Waals surface area contributed by atoms with E-state index in [9.17, 15) is 9.59 Å². The molecule has 0 aliphatic carbocycles. The molecule has 0 rings (SSSR count). The Morgan fingerprint density at radius 2 is 1.86 bits per heavy atom. The lowest BCUT2D eigenvalue weighted by Gasteiger charge is -2.18. The lowest BCUT2D eigenvalue weighted by atomic mass is 10.2. The van der Waals surface area contributed by atoms with Gasteiger partial charge in [0.05, 0.1) is 12.2 Å². The summed E-state index contributed by atoms with van der Waals surface area (Å²) < 4.78 is 4.59. The summed E-state index contributed by atoms with van der Waals surface area (Å²) in [6, 6.07) is 0. The fourth-order valence-electron chi connectivity index (χ4n) is 0.589. The number of esters is 1. The summed E-state index contributed by atoms with van der Waals surface area (Å²) in [6.07, 6.45) is -0.316. The molecule has 82 valence electrons. The first-order chi connectivity index (χ1) is 6.35. The van der Waals surface area contributed by atoms with Crippen LogP contribution in [0.4, 0.5) is 0 Å². The zero-order valence-electron chi connectivity index (χ0n) is 9.05. The second-order valence-electron chi connectivity index (χ2n) is 3.72. The Morgan fingerprint density at radius 1 is 1.29 bits per heavy atom. The summed E-state index contributed by atoms with van der Waals surface area (Å²) in [6.45, 7) is 7.32. The maximum atomic E-state index is 11.0. The maximum Gasteiger partial charge on any atom is 0.315 e. The molecule has 0 unspecified atom stereocenters. The summed E-state index contributed by atoms with van der Waals surface area (Å²) in [5.74, 6) is -1.05. The third-order valence-corrected chi connectivity index (χ3v) is 1.08. The molecular formula is C9H17NO4. The van der Waals surface area contributed by atoms with Crippen LogP contribution < -0.4 is 5.48 Å². The maximum absolute atomic E-state index is 11.0. The molecule has 0 saturated heterocycles. The highest BCUT2D eigenvalue weighted by Crippen LogP contribution is 2.03. The number of carbonyl (C=O) groups is 2. The Labute approximate surface area is 83.7 Å². The molecule has 0 spiro atoms. The fourth-order valence-corrected chi connectivity index (χ4v) is 0.589. The van der Waals surface area contributed by atoms with Crippen LogP contribution in [0, 0.1) is 0 Å². The molecule has 0 aliphatic rings. The van der Waals surface area contributed by atoms with Crippen molar-refractivity contribution in [2.75, 3.05) is 6.61 Å². The zero-order chi connectivity index (χ0) is 11.2. The van der Waals surface area contributed by atoms with Gasteiger partial charge in [0, 0.05) is 0 Å². The molecule has 0 aromatic rings. The van der Waals surface area contributed by atoms with E-state index in [1.807, 2.05) is 0 Å². The molecule has 0 fully saturated rings. The van der Waals surface area contributed by atoms with Crippen molar-refractivity contribution in [2.24, 2.45) is 0 Å². The molecule has 1 N–H and O–H groups in total. The van der Waals surface area contributed by atoms with Crippen LogP contribution >= 0.6 is 0 Å². The minimum absolute atomic E-state index is 0.270. The van der Waals surface area contributed by atoms with Crippen LogP contribution in [0.2, 0.25) is 0 Å². The first-order valence-electron chi connectivity index (χ1n) is 4.47. The van der Waals surface area contributed by atoms with Gasteiger partial charge in [-0.3, -0.25) is 14.4 Å². The predicted octanol–water partition coefficient (Wildman–Crippen LogP) is 0.786. The molecule has 14 heavy (non-hydrogen) atoms. The molecule has 5 heteroatoms. The van der Waals surface area contributed by atoms with E-state index in [4.69, 9.17) is 4.84 Å². The summed E-state index contributed by atoms with van der Waals surface area (Å²) in [5.41, 5.74) is 1.70. The molecular weight excluding hydrogens is 186 g/mol. The molecule has 5 nitrogen and oxygen atoms in total. The number of amides is 1. The standard InChI is InChI=1S/C9H17NO4/c1-5-13-8(12)6-7(11)10-14-9(2,3)4/h5-6H2,1-4H3,(H,10,11). The molecule has 0 aromatic heterocycles. The zero-order valence-corrected chi connectivity index (χ0v) is 9.05. The van der Waals surface area contributed by atoms with Gasteiger partial charge in [-0.2, -0.15) is 0 Å². The Kier molecular flexibility index (Phi) is 5.15. The third kappa shape index (κ3) is 7.54. The second kappa shape index (κ2) is 5.59. The van der Waals surface area contributed by atoms with Crippen molar-refractivity contribution >= 4 is 11.9 Å². The van der Waals surface area contributed by atoms with E-state index in [2.05, 4.69) is 10.2 Å². The number of carbonyl (C=O) groups excluding carboxylic acids is 2. The van der Waals surface area contributed by atoms with Gasteiger partial charge < -0.3 is 4.74 Å². The Morgan fingerprint density at radius 3 is 2.29 bits per heavy atom. The summed E-state index contributed by atoms with van der Waals surface area (Å²) >= 11 is 0. The number of hydroxylamine groups is 1. The summed E-state index contributed by atoms with van der Waals surface area (Å²) in [4.78, 5) is 26.8. The predicted molar refractivity (Wildman–Crippen MR) is 50.2 cm³/mol. The summed E-state index contributed by atoms with van der Waals surface area (Å²) in [5, 5.41) is 0. The van der Waals surface area contributed by atoms with E-state index < -0.39 is 17.5 Å². The van der Waals surface area contributed by atoms with Gasteiger partial charge in [0.1, 0.15) is 6.42 Å². The van der Waals surface area contributed by atoms with E-state index in [0.717, 1.165) is 0 Å². The van der Waals surface area contributed by atoms with Crippen molar-refractivity contribution in [3.63, 3.8) is 0 Å². The van der Waals surface area contributed by atoms with E-state index in [1.54, 1.807) is 27.7 Å². The van der Waals surface area contributed by atoms with Crippen molar-refractivity contribution in [3.8, 4) is 0 Å². The number of hydrogen-bond donors (Lipinski definition) is 1. The molecule has 0 saturated carbocycles. The van der Waals surface area contributed by atoms with Crippen LogP contribution in [0.3, 0.4) is 0 Å². The smallest absolute Gasteiger partial charge is 0.315 e. The van der Waals surface area contributed by atoms with Crippen molar-refractivity contribution in [2.45, 2.75) is 39.7 Å². The van der Waals surface area contributed by atoms with Gasteiger partial charge >= 0.3 is 5.97 Å². The molecule has 0 aromatic carbocycles. The topological polar surface area (TPSA) is 64.6 Å². The van der Waals surface area contributed by atoms with Gasteiger partial charge in [0.2, 0.25) is 0 Å². The normalized spacial score (nSPS) is 10.9. The van der Waals surface area contributed by atoms with Gasteiger partial charge in [-0.15, -0.1) is 0 Å². The monoisotopic (exact) mass is 203 g/mol. The van der Waals surface area contributed by atoms with E-state index in [0.29, 0.717) is 0 Å². The average Bonchev–Trinajstić information content (AvgIpc) is 2.00. The van der Waals surface area contributed by atoms with Gasteiger partial charge in [-0.25, -0.2) is 5.48 Å². The van der Waals surface area contributed by atoms with Gasteiger partial charge in [-0.05, 0) is 27.7 Å². The first-order valence-corrected chi connectivity index (χ1v) is 4.47. The minimum Gasteiger partial charge on any atom is -0.466 e.